The van der Waals surface area contributed by atoms with Crippen LogP contribution in [0.2, 0.25) is 0 Å². The van der Waals surface area contributed by atoms with Gasteiger partial charge in [0.1, 0.15) is 5.82 Å². The second kappa shape index (κ2) is 5.88. The summed E-state index contributed by atoms with van der Waals surface area (Å²) in [6.07, 6.45) is 3.21. The van der Waals surface area contributed by atoms with Gasteiger partial charge in [0.25, 0.3) is 0 Å². The van der Waals surface area contributed by atoms with Gasteiger partial charge in [-0.05, 0) is 31.0 Å². The van der Waals surface area contributed by atoms with Crippen LogP contribution in [-0.2, 0) is 0 Å². The van der Waals surface area contributed by atoms with E-state index in [9.17, 15) is 0 Å². The van der Waals surface area contributed by atoms with E-state index >= 15 is 0 Å². The molecule has 4 nitrogen and oxygen atoms in total. The smallest absolute Gasteiger partial charge is 0.128 e. The molecule has 0 radical (unpaired) electrons. The molecule has 0 bridgehead atoms. The molecule has 4 heteroatoms. The van der Waals surface area contributed by atoms with Crippen LogP contribution in [0.5, 0.6) is 0 Å². The number of rotatable bonds is 3. The monoisotopic (exact) mass is 260 g/mol. The summed E-state index contributed by atoms with van der Waals surface area (Å²) in [5, 5.41) is 3.63. The van der Waals surface area contributed by atoms with Crippen LogP contribution in [-0.4, -0.2) is 55.2 Å². The molecule has 2 aliphatic heterocycles. The van der Waals surface area contributed by atoms with Gasteiger partial charge in [-0.2, -0.15) is 0 Å². The molecule has 2 fully saturated rings. The number of nitrogens with one attached hydrogen (secondary N) is 1. The second-order valence-electron chi connectivity index (χ2n) is 5.80. The van der Waals surface area contributed by atoms with Crippen molar-refractivity contribution >= 4 is 5.82 Å². The number of hydrogen-bond donors (Lipinski definition) is 1. The third-order valence-electron chi connectivity index (χ3n) is 4.49. The molecule has 19 heavy (non-hydrogen) atoms. The van der Waals surface area contributed by atoms with Gasteiger partial charge in [0.05, 0.1) is 0 Å². The van der Waals surface area contributed by atoms with Crippen LogP contribution in [0.1, 0.15) is 13.3 Å². The SMILES string of the molecule is CC1CCNC1CN1CCN(c2ccccn2)CC1. The lowest BCUT2D eigenvalue weighted by atomic mass is 10.0. The van der Waals surface area contributed by atoms with Crippen molar-refractivity contribution in [2.24, 2.45) is 5.92 Å². The zero-order valence-electron chi connectivity index (χ0n) is 11.8. The fourth-order valence-corrected chi connectivity index (χ4v) is 3.12. The highest BCUT2D eigenvalue weighted by molar-refractivity contribution is 5.38. The third-order valence-corrected chi connectivity index (χ3v) is 4.49. The highest BCUT2D eigenvalue weighted by Crippen LogP contribution is 2.17. The Morgan fingerprint density at radius 3 is 2.74 bits per heavy atom. The van der Waals surface area contributed by atoms with Gasteiger partial charge in [0, 0.05) is 45.0 Å². The third kappa shape index (κ3) is 3.07. The summed E-state index contributed by atoms with van der Waals surface area (Å²) in [5.41, 5.74) is 0. The van der Waals surface area contributed by atoms with E-state index in [0.717, 1.165) is 37.9 Å². The first kappa shape index (κ1) is 12.9. The Labute approximate surface area is 115 Å². The van der Waals surface area contributed by atoms with E-state index in [-0.39, 0.29) is 0 Å². The lowest BCUT2D eigenvalue weighted by Gasteiger charge is -2.37. The van der Waals surface area contributed by atoms with Crippen LogP contribution in [0.3, 0.4) is 0 Å². The summed E-state index contributed by atoms with van der Waals surface area (Å²) < 4.78 is 0. The van der Waals surface area contributed by atoms with Gasteiger partial charge in [-0.3, -0.25) is 4.90 Å². The Bertz CT molecular complexity index is 386. The standard InChI is InChI=1S/C15H24N4/c1-13-5-7-16-14(13)12-18-8-10-19(11-9-18)15-4-2-3-6-17-15/h2-4,6,13-14,16H,5,7-12H2,1H3. The maximum Gasteiger partial charge on any atom is 0.128 e. The van der Waals surface area contributed by atoms with Crippen molar-refractivity contribution in [3.63, 3.8) is 0 Å². The van der Waals surface area contributed by atoms with Crippen LogP contribution in [0.25, 0.3) is 0 Å². The van der Waals surface area contributed by atoms with Gasteiger partial charge < -0.3 is 10.2 Å². The minimum atomic E-state index is 0.696. The van der Waals surface area contributed by atoms with E-state index in [0.29, 0.717) is 6.04 Å². The molecular weight excluding hydrogens is 236 g/mol. The number of hydrogen-bond acceptors (Lipinski definition) is 4. The second-order valence-corrected chi connectivity index (χ2v) is 5.80. The Morgan fingerprint density at radius 2 is 2.11 bits per heavy atom. The number of pyridine rings is 1. The summed E-state index contributed by atoms with van der Waals surface area (Å²) in [5.74, 6) is 1.95. The lowest BCUT2D eigenvalue weighted by molar-refractivity contribution is 0.222. The molecule has 0 saturated carbocycles. The molecule has 1 N–H and O–H groups in total. The summed E-state index contributed by atoms with van der Waals surface area (Å²) in [6.45, 7) is 9.27. The predicted molar refractivity (Wildman–Crippen MR) is 78.5 cm³/mol. The van der Waals surface area contributed by atoms with Crippen molar-refractivity contribution in [3.05, 3.63) is 24.4 Å². The molecule has 1 aromatic heterocycles. The molecule has 2 unspecified atom stereocenters. The maximum atomic E-state index is 4.44. The highest BCUT2D eigenvalue weighted by Gasteiger charge is 2.26. The minimum absolute atomic E-state index is 0.696. The Morgan fingerprint density at radius 1 is 1.26 bits per heavy atom. The molecule has 0 spiro atoms. The van der Waals surface area contributed by atoms with Crippen molar-refractivity contribution in [1.29, 1.82) is 0 Å². The lowest BCUT2D eigenvalue weighted by Crippen LogP contribution is -2.50. The molecule has 2 atom stereocenters. The predicted octanol–water partition coefficient (Wildman–Crippen LogP) is 1.20. The van der Waals surface area contributed by atoms with Crippen molar-refractivity contribution in [3.8, 4) is 0 Å². The van der Waals surface area contributed by atoms with Crippen LogP contribution < -0.4 is 10.2 Å². The van der Waals surface area contributed by atoms with Crippen LogP contribution >= 0.6 is 0 Å². The molecule has 3 rings (SSSR count). The quantitative estimate of drug-likeness (QED) is 0.885. The van der Waals surface area contributed by atoms with E-state index in [2.05, 4.69) is 39.2 Å². The average Bonchev–Trinajstić information content (AvgIpc) is 2.86. The molecule has 3 heterocycles. The van der Waals surface area contributed by atoms with Gasteiger partial charge in [-0.25, -0.2) is 4.98 Å². The van der Waals surface area contributed by atoms with Gasteiger partial charge in [-0.15, -0.1) is 0 Å². The molecule has 1 aromatic rings. The van der Waals surface area contributed by atoms with Crippen LogP contribution in [0.4, 0.5) is 5.82 Å². The highest BCUT2D eigenvalue weighted by atomic mass is 15.3. The van der Waals surface area contributed by atoms with E-state index in [1.54, 1.807) is 0 Å². The number of piperazine rings is 1. The van der Waals surface area contributed by atoms with Crippen molar-refractivity contribution in [2.75, 3.05) is 44.2 Å². The number of nitrogens with zero attached hydrogens (tertiary/aromatic N) is 3. The van der Waals surface area contributed by atoms with E-state index in [1.165, 1.54) is 19.5 Å². The Kier molecular flexibility index (Phi) is 3.99. The Balaban J connectivity index is 1.49. The van der Waals surface area contributed by atoms with Crippen molar-refractivity contribution in [1.82, 2.24) is 15.2 Å². The summed E-state index contributed by atoms with van der Waals surface area (Å²) in [6, 6.07) is 6.85. The summed E-state index contributed by atoms with van der Waals surface area (Å²) >= 11 is 0. The molecule has 0 amide bonds. The topological polar surface area (TPSA) is 31.4 Å². The first-order chi connectivity index (χ1) is 9.33. The van der Waals surface area contributed by atoms with Gasteiger partial charge in [0.2, 0.25) is 0 Å². The zero-order valence-corrected chi connectivity index (χ0v) is 11.8. The average molecular weight is 260 g/mol. The largest absolute Gasteiger partial charge is 0.354 e. The zero-order chi connectivity index (χ0) is 13.1. The molecule has 104 valence electrons. The fourth-order valence-electron chi connectivity index (χ4n) is 3.12. The summed E-state index contributed by atoms with van der Waals surface area (Å²) in [4.78, 5) is 9.42. The van der Waals surface area contributed by atoms with Crippen LogP contribution in [0, 0.1) is 5.92 Å². The number of anilines is 1. The normalized spacial score (nSPS) is 28.8. The first-order valence-electron chi connectivity index (χ1n) is 7.44. The molecule has 0 aliphatic carbocycles. The molecular formula is C15H24N4. The Hall–Kier alpha value is -1.13. The van der Waals surface area contributed by atoms with Crippen molar-refractivity contribution in [2.45, 2.75) is 19.4 Å². The minimum Gasteiger partial charge on any atom is -0.354 e. The van der Waals surface area contributed by atoms with Gasteiger partial charge in [0.15, 0.2) is 0 Å². The summed E-state index contributed by atoms with van der Waals surface area (Å²) in [7, 11) is 0. The van der Waals surface area contributed by atoms with E-state index in [4.69, 9.17) is 0 Å². The van der Waals surface area contributed by atoms with Gasteiger partial charge >= 0.3 is 0 Å². The van der Waals surface area contributed by atoms with E-state index in [1.807, 2.05) is 12.3 Å². The number of aromatic nitrogens is 1. The molecule has 2 aliphatic rings. The maximum absolute atomic E-state index is 4.44. The van der Waals surface area contributed by atoms with Gasteiger partial charge in [-0.1, -0.05) is 13.0 Å². The molecule has 2 saturated heterocycles. The first-order valence-corrected chi connectivity index (χ1v) is 7.44. The van der Waals surface area contributed by atoms with Crippen molar-refractivity contribution < 1.29 is 0 Å². The van der Waals surface area contributed by atoms with Crippen LogP contribution in [0.15, 0.2) is 24.4 Å². The fraction of sp³-hybridized carbons (Fsp3) is 0.667. The van der Waals surface area contributed by atoms with E-state index < -0.39 is 0 Å². The molecule has 0 aromatic carbocycles.